The number of carbonyl (C=O) groups excluding carboxylic acids is 3. The highest BCUT2D eigenvalue weighted by Gasteiger charge is 2.32. The molecule has 2 aromatic heterocycles. The van der Waals surface area contributed by atoms with Gasteiger partial charge < -0.3 is 20.1 Å². The highest BCUT2D eigenvalue weighted by molar-refractivity contribution is 6.00. The van der Waals surface area contributed by atoms with Crippen molar-refractivity contribution in [2.45, 2.75) is 91.3 Å². The molecule has 2 amide bonds. The van der Waals surface area contributed by atoms with Gasteiger partial charge in [-0.2, -0.15) is 10.2 Å². The van der Waals surface area contributed by atoms with E-state index in [-0.39, 0.29) is 43.3 Å². The quantitative estimate of drug-likeness (QED) is 0.200. The number of aryl methyl sites for hydroxylation is 2. The van der Waals surface area contributed by atoms with Gasteiger partial charge >= 0.3 is 5.97 Å². The van der Waals surface area contributed by atoms with Crippen LogP contribution in [0.1, 0.15) is 81.2 Å². The van der Waals surface area contributed by atoms with Gasteiger partial charge in [0.15, 0.2) is 0 Å². The molecule has 0 aliphatic heterocycles. The number of esters is 1. The second-order valence-electron chi connectivity index (χ2n) is 12.1. The third-order valence-electron chi connectivity index (χ3n) is 7.53. The van der Waals surface area contributed by atoms with Crippen LogP contribution < -0.4 is 10.6 Å². The molecule has 3 N–H and O–H groups in total. The first-order chi connectivity index (χ1) is 20.5. The van der Waals surface area contributed by atoms with Gasteiger partial charge in [-0.25, -0.2) is 0 Å². The van der Waals surface area contributed by atoms with Crippen molar-refractivity contribution in [3.63, 3.8) is 0 Å². The molecular formula is C32H44N6O5. The molecule has 232 valence electrons. The van der Waals surface area contributed by atoms with E-state index in [9.17, 15) is 14.4 Å². The first-order valence-electron chi connectivity index (χ1n) is 15.1. The number of ether oxygens (including phenoxy) is 2. The minimum atomic E-state index is -0.681. The summed E-state index contributed by atoms with van der Waals surface area (Å²) in [5, 5.41) is 17.6. The molecule has 11 nitrogen and oxygen atoms in total. The number of rotatable bonds is 12. The maximum absolute atomic E-state index is 13.6. The summed E-state index contributed by atoms with van der Waals surface area (Å²) in [4.78, 5) is 38.9. The third-order valence-corrected chi connectivity index (χ3v) is 7.53. The molecule has 4 rings (SSSR count). The second kappa shape index (κ2) is 14.5. The maximum atomic E-state index is 13.6. The fourth-order valence-corrected chi connectivity index (χ4v) is 5.50. The average Bonchev–Trinajstić information content (AvgIpc) is 3.57. The fourth-order valence-electron chi connectivity index (χ4n) is 5.50. The number of benzene rings is 1. The van der Waals surface area contributed by atoms with E-state index in [0.717, 1.165) is 54.6 Å². The molecule has 0 radical (unpaired) electrons. The van der Waals surface area contributed by atoms with Crippen LogP contribution >= 0.6 is 0 Å². The number of hydrogen-bond acceptors (Lipinski definition) is 7. The Kier molecular flexibility index (Phi) is 10.7. The van der Waals surface area contributed by atoms with Crippen molar-refractivity contribution in [2.24, 2.45) is 5.92 Å². The van der Waals surface area contributed by atoms with E-state index in [1.807, 2.05) is 58.9 Å². The van der Waals surface area contributed by atoms with E-state index in [1.165, 1.54) is 0 Å². The summed E-state index contributed by atoms with van der Waals surface area (Å²) in [5.41, 5.74) is 4.44. The van der Waals surface area contributed by atoms with Crippen molar-refractivity contribution >= 4 is 23.5 Å². The summed E-state index contributed by atoms with van der Waals surface area (Å²) in [6.07, 6.45) is 6.64. The van der Waals surface area contributed by atoms with Crippen molar-refractivity contribution < 1.29 is 23.9 Å². The van der Waals surface area contributed by atoms with Gasteiger partial charge in [0.2, 0.25) is 5.91 Å². The lowest BCUT2D eigenvalue weighted by molar-refractivity contribution is -0.156. The van der Waals surface area contributed by atoms with Crippen LogP contribution in [-0.2, 0) is 25.6 Å². The number of anilines is 1. The number of carbonyl (C=O) groups is 3. The number of aromatic nitrogens is 4. The van der Waals surface area contributed by atoms with Gasteiger partial charge in [0.1, 0.15) is 17.3 Å². The van der Waals surface area contributed by atoms with Crippen LogP contribution in [0.5, 0.6) is 0 Å². The number of nitrogens with one attached hydrogen (secondary N) is 3. The highest BCUT2D eigenvalue weighted by atomic mass is 16.6. The molecule has 0 unspecified atom stereocenters. The number of amides is 2. The highest BCUT2D eigenvalue weighted by Crippen LogP contribution is 2.29. The maximum Gasteiger partial charge on any atom is 0.308 e. The molecule has 1 saturated carbocycles. The summed E-state index contributed by atoms with van der Waals surface area (Å²) < 4.78 is 12.4. The topological polar surface area (TPSA) is 140 Å². The first kappa shape index (κ1) is 31.9. The molecule has 1 aliphatic carbocycles. The standard InChI is InChI=1S/C32H44N6O5/c1-21-28(22(2)37-36-21)23-11-13-25(14-12-23)34-31(41)29(24-9-7-6-8-10-24)35-30(40)26-15-17-33-38(26)18-20-42-19-16-27(39)43-32(3,4)5/h11-15,17,24,29H,6-10,16,18-20H2,1-5H3,(H,34,41)(H,35,40)(H,36,37)/t29-/m0/s1. The average molecular weight is 593 g/mol. The smallest absolute Gasteiger partial charge is 0.308 e. The fraction of sp³-hybridized carbons (Fsp3) is 0.531. The molecule has 0 bridgehead atoms. The van der Waals surface area contributed by atoms with E-state index >= 15 is 0 Å². The summed E-state index contributed by atoms with van der Waals surface area (Å²) in [6.45, 7) is 10.2. The second-order valence-corrected chi connectivity index (χ2v) is 12.1. The van der Waals surface area contributed by atoms with Gasteiger partial charge in [-0.1, -0.05) is 31.4 Å². The van der Waals surface area contributed by atoms with E-state index in [2.05, 4.69) is 25.9 Å². The lowest BCUT2D eigenvalue weighted by Gasteiger charge is -2.30. The Morgan fingerprint density at radius 3 is 2.42 bits per heavy atom. The van der Waals surface area contributed by atoms with Crippen LogP contribution in [0.3, 0.4) is 0 Å². The van der Waals surface area contributed by atoms with Gasteiger partial charge in [0.05, 0.1) is 31.9 Å². The van der Waals surface area contributed by atoms with Crippen molar-refractivity contribution in [2.75, 3.05) is 18.5 Å². The first-order valence-corrected chi connectivity index (χ1v) is 15.1. The zero-order chi connectivity index (χ0) is 31.0. The molecule has 2 heterocycles. The Morgan fingerprint density at radius 1 is 1.05 bits per heavy atom. The summed E-state index contributed by atoms with van der Waals surface area (Å²) >= 11 is 0. The van der Waals surface area contributed by atoms with E-state index in [0.29, 0.717) is 17.9 Å². The van der Waals surface area contributed by atoms with Crippen LogP contribution in [0.25, 0.3) is 11.1 Å². The Balaban J connectivity index is 1.36. The van der Waals surface area contributed by atoms with E-state index in [1.54, 1.807) is 16.9 Å². The lowest BCUT2D eigenvalue weighted by Crippen LogP contribution is -2.49. The molecule has 1 aliphatic rings. The SMILES string of the molecule is Cc1n[nH]c(C)c1-c1ccc(NC(=O)[C@@H](NC(=O)c2ccnn2CCOCCC(=O)OC(C)(C)C)C2CCCCC2)cc1. The molecule has 1 atom stereocenters. The van der Waals surface area contributed by atoms with Crippen LogP contribution in [0.15, 0.2) is 36.5 Å². The molecule has 0 spiro atoms. The molecule has 1 fully saturated rings. The summed E-state index contributed by atoms with van der Waals surface area (Å²) in [5.74, 6) is -0.878. The third kappa shape index (κ3) is 9.00. The Hall–Kier alpha value is -3.99. The molecule has 1 aromatic carbocycles. The molecular weight excluding hydrogens is 548 g/mol. The van der Waals surface area contributed by atoms with E-state index < -0.39 is 11.6 Å². The number of aromatic amines is 1. The van der Waals surface area contributed by atoms with Crippen molar-refractivity contribution in [1.82, 2.24) is 25.3 Å². The minimum Gasteiger partial charge on any atom is -0.460 e. The van der Waals surface area contributed by atoms with Crippen LogP contribution in [-0.4, -0.2) is 62.6 Å². The van der Waals surface area contributed by atoms with Crippen molar-refractivity contribution in [1.29, 1.82) is 0 Å². The molecule has 11 heteroatoms. The predicted molar refractivity (Wildman–Crippen MR) is 163 cm³/mol. The van der Waals surface area contributed by atoms with Crippen LogP contribution in [0.4, 0.5) is 5.69 Å². The monoisotopic (exact) mass is 592 g/mol. The predicted octanol–water partition coefficient (Wildman–Crippen LogP) is 4.96. The van der Waals surface area contributed by atoms with Gasteiger partial charge in [0, 0.05) is 23.1 Å². The van der Waals surface area contributed by atoms with Crippen molar-refractivity contribution in [3.8, 4) is 11.1 Å². The van der Waals surface area contributed by atoms with E-state index in [4.69, 9.17) is 9.47 Å². The number of hydrogen-bond donors (Lipinski definition) is 3. The molecule has 0 saturated heterocycles. The van der Waals surface area contributed by atoms with Gasteiger partial charge in [-0.05, 0) is 77.1 Å². The van der Waals surface area contributed by atoms with Gasteiger partial charge in [0.25, 0.3) is 5.91 Å². The zero-order valence-corrected chi connectivity index (χ0v) is 25.9. The minimum absolute atomic E-state index is 0.0424. The summed E-state index contributed by atoms with van der Waals surface area (Å²) in [6, 6.07) is 8.61. The van der Waals surface area contributed by atoms with Gasteiger partial charge in [-0.3, -0.25) is 24.2 Å². The zero-order valence-electron chi connectivity index (χ0n) is 25.9. The Bertz CT molecular complexity index is 1360. The number of nitrogens with zero attached hydrogens (tertiary/aromatic N) is 3. The normalized spacial score (nSPS) is 14.7. The van der Waals surface area contributed by atoms with Gasteiger partial charge in [-0.15, -0.1) is 0 Å². The largest absolute Gasteiger partial charge is 0.460 e. The molecule has 43 heavy (non-hydrogen) atoms. The summed E-state index contributed by atoms with van der Waals surface area (Å²) in [7, 11) is 0. The lowest BCUT2D eigenvalue weighted by atomic mass is 9.83. The Morgan fingerprint density at radius 2 is 1.77 bits per heavy atom. The van der Waals surface area contributed by atoms with Crippen LogP contribution in [0.2, 0.25) is 0 Å². The molecule has 3 aromatic rings. The Labute approximate surface area is 253 Å². The van der Waals surface area contributed by atoms with Crippen molar-refractivity contribution in [3.05, 3.63) is 53.6 Å². The number of H-pyrrole nitrogens is 1. The van der Waals surface area contributed by atoms with Crippen LogP contribution in [0, 0.1) is 19.8 Å².